The molecule has 1 aliphatic rings. The molecule has 0 bridgehead atoms. The fraction of sp³-hybridized carbons (Fsp3) is 0.385. The summed E-state index contributed by atoms with van der Waals surface area (Å²) < 4.78 is 13.5. The van der Waals surface area contributed by atoms with Crippen molar-refractivity contribution >= 4 is 34.1 Å². The van der Waals surface area contributed by atoms with Gasteiger partial charge in [-0.25, -0.2) is 4.39 Å². The van der Waals surface area contributed by atoms with Crippen LogP contribution in [0.4, 0.5) is 4.39 Å². The molecule has 2 rings (SSSR count). The summed E-state index contributed by atoms with van der Waals surface area (Å²) in [6.45, 7) is 1.99. The Morgan fingerprint density at radius 1 is 1.28 bits per heavy atom. The molecule has 2 nitrogen and oxygen atoms in total. The van der Waals surface area contributed by atoms with E-state index in [1.54, 1.807) is 0 Å². The number of hydrogen-bond acceptors (Lipinski definition) is 3. The molecule has 1 aromatic carbocycles. The maximum Gasteiger partial charge on any atom is 0.173 e. The zero-order valence-corrected chi connectivity index (χ0v) is 11.5. The van der Waals surface area contributed by atoms with Crippen LogP contribution < -0.4 is 0 Å². The minimum Gasteiger partial charge on any atom is -0.358 e. The van der Waals surface area contributed by atoms with Gasteiger partial charge in [0.05, 0.1) is 5.75 Å². The first-order valence-corrected chi connectivity index (χ1v) is 7.26. The number of carbonyl (C=O) groups excluding carboxylic acids is 1. The van der Waals surface area contributed by atoms with E-state index in [1.165, 1.54) is 48.9 Å². The number of nitrogens with zero attached hydrogens (tertiary/aromatic N) is 1. The fourth-order valence-electron chi connectivity index (χ4n) is 1.84. The summed E-state index contributed by atoms with van der Waals surface area (Å²) in [6.07, 6.45) is 2.35. The van der Waals surface area contributed by atoms with E-state index in [2.05, 4.69) is 4.90 Å². The zero-order valence-electron chi connectivity index (χ0n) is 9.89. The summed E-state index contributed by atoms with van der Waals surface area (Å²) in [5, 5.41) is 0. The van der Waals surface area contributed by atoms with Crippen LogP contribution in [0, 0.1) is 5.82 Å². The lowest BCUT2D eigenvalue weighted by Gasteiger charge is -2.17. The molecule has 0 saturated carbocycles. The van der Waals surface area contributed by atoms with Crippen LogP contribution in [0.1, 0.15) is 23.2 Å². The molecular formula is C13H14FNOS2. The molecule has 0 atom stereocenters. The Balaban J connectivity index is 1.84. The maximum absolute atomic E-state index is 12.7. The number of likely N-dealkylation sites (tertiary alicyclic amines) is 1. The quantitative estimate of drug-likeness (QED) is 0.627. The van der Waals surface area contributed by atoms with Crippen LogP contribution in [0.15, 0.2) is 24.3 Å². The Kier molecular flexibility index (Phi) is 4.72. The molecule has 5 heteroatoms. The van der Waals surface area contributed by atoms with Crippen molar-refractivity contribution in [3.8, 4) is 0 Å². The van der Waals surface area contributed by atoms with E-state index in [9.17, 15) is 9.18 Å². The minimum atomic E-state index is -0.327. The van der Waals surface area contributed by atoms with Crippen LogP contribution in [0.2, 0.25) is 0 Å². The highest BCUT2D eigenvalue weighted by atomic mass is 32.2. The van der Waals surface area contributed by atoms with Gasteiger partial charge >= 0.3 is 0 Å². The molecule has 0 N–H and O–H groups in total. The second kappa shape index (κ2) is 6.29. The third kappa shape index (κ3) is 3.53. The van der Waals surface area contributed by atoms with Gasteiger partial charge in [0.1, 0.15) is 10.1 Å². The Hall–Kier alpha value is -0.940. The van der Waals surface area contributed by atoms with E-state index >= 15 is 0 Å². The Morgan fingerprint density at radius 2 is 1.89 bits per heavy atom. The summed E-state index contributed by atoms with van der Waals surface area (Å²) in [6, 6.07) is 5.63. The number of benzene rings is 1. The van der Waals surface area contributed by atoms with Gasteiger partial charge < -0.3 is 4.90 Å². The molecule has 0 radical (unpaired) electrons. The van der Waals surface area contributed by atoms with E-state index in [-0.39, 0.29) is 11.6 Å². The molecule has 1 fully saturated rings. The third-order valence-corrected chi connectivity index (χ3v) is 4.38. The van der Waals surface area contributed by atoms with Crippen LogP contribution in [0.5, 0.6) is 0 Å². The van der Waals surface area contributed by atoms with Crippen molar-refractivity contribution in [1.82, 2.24) is 4.90 Å². The number of thiocarbonyl (C=S) groups is 1. The van der Waals surface area contributed by atoms with Crippen LogP contribution in [0.25, 0.3) is 0 Å². The second-order valence-electron chi connectivity index (χ2n) is 4.18. The lowest BCUT2D eigenvalue weighted by Crippen LogP contribution is -2.24. The normalized spacial score (nSPS) is 14.8. The van der Waals surface area contributed by atoms with Crippen molar-refractivity contribution in [2.75, 3.05) is 18.8 Å². The summed E-state index contributed by atoms with van der Waals surface area (Å²) in [5.74, 6) is -0.0191. The Labute approximate surface area is 116 Å². The van der Waals surface area contributed by atoms with Gasteiger partial charge in [0.25, 0.3) is 0 Å². The third-order valence-electron chi connectivity index (χ3n) is 2.86. The van der Waals surface area contributed by atoms with Crippen LogP contribution in [-0.2, 0) is 0 Å². The zero-order chi connectivity index (χ0) is 13.0. The number of rotatable bonds is 3. The first kappa shape index (κ1) is 13.5. The lowest BCUT2D eigenvalue weighted by molar-refractivity contribution is 0.102. The topological polar surface area (TPSA) is 20.3 Å². The van der Waals surface area contributed by atoms with Crippen molar-refractivity contribution in [1.29, 1.82) is 0 Å². The highest BCUT2D eigenvalue weighted by Gasteiger charge is 2.16. The molecule has 1 aromatic rings. The van der Waals surface area contributed by atoms with Gasteiger partial charge in [0.15, 0.2) is 5.78 Å². The van der Waals surface area contributed by atoms with Crippen molar-refractivity contribution in [2.24, 2.45) is 0 Å². The van der Waals surface area contributed by atoms with Crippen molar-refractivity contribution < 1.29 is 9.18 Å². The Morgan fingerprint density at radius 3 is 2.50 bits per heavy atom. The maximum atomic E-state index is 12.7. The Bertz CT molecular complexity index is 441. The highest BCUT2D eigenvalue weighted by Crippen LogP contribution is 2.17. The molecule has 96 valence electrons. The fourth-order valence-corrected chi connectivity index (χ4v) is 2.98. The molecule has 0 spiro atoms. The number of carbonyl (C=O) groups is 1. The van der Waals surface area contributed by atoms with Crippen molar-refractivity contribution in [2.45, 2.75) is 12.8 Å². The number of Topliss-reactive ketones (excluding diaryl/α,β-unsaturated/α-hetero) is 1. The van der Waals surface area contributed by atoms with E-state index in [1.807, 2.05) is 0 Å². The molecule has 0 aromatic heterocycles. The predicted octanol–water partition coefficient (Wildman–Crippen LogP) is 3.12. The smallest absolute Gasteiger partial charge is 0.173 e. The van der Waals surface area contributed by atoms with Gasteiger partial charge in [-0.3, -0.25) is 4.79 Å². The van der Waals surface area contributed by atoms with E-state index < -0.39 is 0 Å². The predicted molar refractivity (Wildman–Crippen MR) is 76.6 cm³/mol. The van der Waals surface area contributed by atoms with Gasteiger partial charge in [-0.05, 0) is 37.1 Å². The number of ketones is 1. The largest absolute Gasteiger partial charge is 0.358 e. The van der Waals surface area contributed by atoms with Crippen LogP contribution in [0.3, 0.4) is 0 Å². The molecule has 18 heavy (non-hydrogen) atoms. The molecular weight excluding hydrogens is 269 g/mol. The average Bonchev–Trinajstić information content (AvgIpc) is 2.90. The van der Waals surface area contributed by atoms with E-state index in [0.29, 0.717) is 11.3 Å². The van der Waals surface area contributed by atoms with Gasteiger partial charge in [-0.15, -0.1) is 0 Å². The van der Waals surface area contributed by atoms with Crippen LogP contribution in [-0.4, -0.2) is 33.8 Å². The molecule has 1 aliphatic heterocycles. The standard InChI is InChI=1S/C13H14FNOS2/c14-11-5-3-10(4-6-11)12(16)9-18-13(17)15-7-1-2-8-15/h3-6H,1-2,7-9H2. The number of hydrogen-bond donors (Lipinski definition) is 0. The molecule has 0 aliphatic carbocycles. The van der Waals surface area contributed by atoms with Gasteiger partial charge in [0.2, 0.25) is 0 Å². The monoisotopic (exact) mass is 283 g/mol. The number of thioether (sulfide) groups is 1. The van der Waals surface area contributed by atoms with Crippen molar-refractivity contribution in [3.05, 3.63) is 35.6 Å². The summed E-state index contributed by atoms with van der Waals surface area (Å²) in [4.78, 5) is 14.0. The lowest BCUT2D eigenvalue weighted by atomic mass is 10.1. The first-order valence-electron chi connectivity index (χ1n) is 5.87. The summed E-state index contributed by atoms with van der Waals surface area (Å²) in [7, 11) is 0. The second-order valence-corrected chi connectivity index (χ2v) is 5.79. The molecule has 1 heterocycles. The molecule has 0 amide bonds. The molecule has 1 saturated heterocycles. The summed E-state index contributed by atoms with van der Waals surface area (Å²) >= 11 is 6.67. The van der Waals surface area contributed by atoms with Crippen molar-refractivity contribution in [3.63, 3.8) is 0 Å². The van der Waals surface area contributed by atoms with Crippen LogP contribution >= 0.6 is 24.0 Å². The van der Waals surface area contributed by atoms with Gasteiger partial charge in [-0.2, -0.15) is 0 Å². The van der Waals surface area contributed by atoms with Gasteiger partial charge in [-0.1, -0.05) is 24.0 Å². The highest BCUT2D eigenvalue weighted by molar-refractivity contribution is 8.23. The average molecular weight is 283 g/mol. The van der Waals surface area contributed by atoms with E-state index in [0.717, 1.165) is 17.4 Å². The summed E-state index contributed by atoms with van der Waals surface area (Å²) in [5.41, 5.74) is 0.535. The van der Waals surface area contributed by atoms with Gasteiger partial charge in [0, 0.05) is 18.7 Å². The SMILES string of the molecule is O=C(CSC(=S)N1CCCC1)c1ccc(F)cc1. The van der Waals surface area contributed by atoms with E-state index in [4.69, 9.17) is 12.2 Å². The first-order chi connectivity index (χ1) is 8.66. The molecule has 0 unspecified atom stereocenters. The minimum absolute atomic E-state index is 0.0125. The number of halogens is 1.